The fraction of sp³-hybridized carbons (Fsp3) is 0.400. The number of rotatable bonds is 6. The summed E-state index contributed by atoms with van der Waals surface area (Å²) in [5, 5.41) is 9.92. The van der Waals surface area contributed by atoms with E-state index in [4.69, 9.17) is 10.1 Å². The van der Waals surface area contributed by atoms with Crippen LogP contribution >= 0.6 is 0 Å². The molecule has 1 aromatic heterocycles. The number of nitrogens with zero attached hydrogens (tertiary/aromatic N) is 2. The fourth-order valence-electron chi connectivity index (χ4n) is 4.89. The Bertz CT molecular complexity index is 1180. The highest BCUT2D eigenvalue weighted by molar-refractivity contribution is 5.92. The molecule has 0 bridgehead atoms. The Morgan fingerprint density at radius 1 is 1.28 bits per heavy atom. The lowest BCUT2D eigenvalue weighted by Gasteiger charge is -2.21. The van der Waals surface area contributed by atoms with Crippen molar-refractivity contribution < 1.29 is 23.8 Å². The minimum atomic E-state index is -1.42. The van der Waals surface area contributed by atoms with Gasteiger partial charge in [0.1, 0.15) is 18.7 Å². The average Bonchev–Trinajstić information content (AvgIpc) is 3.07. The number of pyridine rings is 1. The lowest BCUT2D eigenvalue weighted by molar-refractivity contribution is -0.105. The van der Waals surface area contributed by atoms with Crippen LogP contribution in [0.25, 0.3) is 16.6 Å². The number of aromatic nitrogens is 1. The maximum Gasteiger partial charge on any atom is 0.506 e. The number of aldehydes is 1. The predicted molar refractivity (Wildman–Crippen MR) is 120 cm³/mol. The van der Waals surface area contributed by atoms with Crippen molar-refractivity contribution >= 4 is 29.0 Å². The van der Waals surface area contributed by atoms with E-state index in [1.165, 1.54) is 11.6 Å². The van der Waals surface area contributed by atoms with Gasteiger partial charge < -0.3 is 14.7 Å². The van der Waals surface area contributed by atoms with E-state index in [2.05, 4.69) is 9.64 Å². The number of hydrogen-bond donors (Lipinski definition) is 1. The zero-order valence-electron chi connectivity index (χ0n) is 18.6. The number of benzene rings is 1. The van der Waals surface area contributed by atoms with E-state index in [0.717, 1.165) is 59.2 Å². The van der Waals surface area contributed by atoms with E-state index in [9.17, 15) is 14.0 Å². The molecule has 0 atom stereocenters. The predicted octanol–water partition coefficient (Wildman–Crippen LogP) is 4.95. The SMILES string of the molecule is CCCC(/C=C1/c2nc3cc(F)c(C)c4c3c(c2CN1C)CCC4)=C(/C=O)COC(=O)O. The Hall–Kier alpha value is -3.22. The van der Waals surface area contributed by atoms with Crippen LogP contribution in [0.3, 0.4) is 0 Å². The number of allylic oxidation sites excluding steroid dienone is 2. The molecule has 0 fully saturated rings. The maximum atomic E-state index is 14.6. The van der Waals surface area contributed by atoms with Gasteiger partial charge in [0.2, 0.25) is 0 Å². The molecular formula is C25H27FN2O4. The van der Waals surface area contributed by atoms with Gasteiger partial charge in [0.05, 0.1) is 16.9 Å². The van der Waals surface area contributed by atoms with Gasteiger partial charge in [-0.3, -0.25) is 4.79 Å². The first-order valence-electron chi connectivity index (χ1n) is 10.9. The molecule has 0 unspecified atom stereocenters. The molecule has 6 nitrogen and oxygen atoms in total. The second-order valence-corrected chi connectivity index (χ2v) is 8.49. The minimum Gasteiger partial charge on any atom is -0.450 e. The number of hydrogen-bond acceptors (Lipinski definition) is 5. The van der Waals surface area contributed by atoms with Crippen molar-refractivity contribution in [2.24, 2.45) is 0 Å². The fourth-order valence-corrected chi connectivity index (χ4v) is 4.89. The summed E-state index contributed by atoms with van der Waals surface area (Å²) in [6, 6.07) is 1.53. The molecule has 2 heterocycles. The van der Waals surface area contributed by atoms with Gasteiger partial charge in [-0.2, -0.15) is 0 Å². The van der Waals surface area contributed by atoms with Gasteiger partial charge in [0, 0.05) is 36.2 Å². The number of carbonyl (C=O) groups is 2. The van der Waals surface area contributed by atoms with Crippen molar-refractivity contribution in [1.82, 2.24) is 9.88 Å². The van der Waals surface area contributed by atoms with Gasteiger partial charge in [-0.1, -0.05) is 13.3 Å². The van der Waals surface area contributed by atoms with Crippen LogP contribution in [-0.4, -0.2) is 41.1 Å². The lowest BCUT2D eigenvalue weighted by Crippen LogP contribution is -2.10. The molecular weight excluding hydrogens is 411 g/mol. The Balaban J connectivity index is 1.90. The van der Waals surface area contributed by atoms with Crippen LogP contribution in [0.15, 0.2) is 23.3 Å². The summed E-state index contributed by atoms with van der Waals surface area (Å²) in [5.41, 5.74) is 7.54. The van der Waals surface area contributed by atoms with E-state index in [0.29, 0.717) is 35.9 Å². The molecule has 7 heteroatoms. The molecule has 32 heavy (non-hydrogen) atoms. The Kier molecular flexibility index (Phi) is 6.00. The smallest absolute Gasteiger partial charge is 0.450 e. The lowest BCUT2D eigenvalue weighted by atomic mass is 9.85. The van der Waals surface area contributed by atoms with E-state index in [1.54, 1.807) is 0 Å². The van der Waals surface area contributed by atoms with Crippen molar-refractivity contribution in [1.29, 1.82) is 0 Å². The summed E-state index contributed by atoms with van der Waals surface area (Å²) in [7, 11) is 1.97. The van der Waals surface area contributed by atoms with Crippen LogP contribution in [0.1, 0.15) is 54.1 Å². The molecule has 2 aromatic rings. The third-order valence-corrected chi connectivity index (χ3v) is 6.46. The summed E-state index contributed by atoms with van der Waals surface area (Å²) in [6.07, 6.45) is 5.30. The van der Waals surface area contributed by atoms with E-state index in [-0.39, 0.29) is 12.4 Å². The molecule has 0 saturated carbocycles. The summed E-state index contributed by atoms with van der Waals surface area (Å²) < 4.78 is 19.3. The van der Waals surface area contributed by atoms with Gasteiger partial charge in [-0.15, -0.1) is 0 Å². The van der Waals surface area contributed by atoms with Crippen molar-refractivity contribution in [3.63, 3.8) is 0 Å². The molecule has 4 rings (SSSR count). The van der Waals surface area contributed by atoms with Crippen molar-refractivity contribution in [2.75, 3.05) is 13.7 Å². The zero-order valence-corrected chi connectivity index (χ0v) is 18.6. The first-order valence-corrected chi connectivity index (χ1v) is 10.9. The number of carboxylic acid groups (broad SMARTS) is 1. The van der Waals surface area contributed by atoms with Crippen LogP contribution in [-0.2, 0) is 28.9 Å². The first kappa shape index (κ1) is 22.0. The Morgan fingerprint density at radius 3 is 2.72 bits per heavy atom. The van der Waals surface area contributed by atoms with Crippen LogP contribution in [0.5, 0.6) is 0 Å². The number of ether oxygens (including phenoxy) is 1. The van der Waals surface area contributed by atoms with Gasteiger partial charge in [0.15, 0.2) is 0 Å². The molecule has 0 saturated heterocycles. The molecule has 0 radical (unpaired) electrons. The monoisotopic (exact) mass is 438 g/mol. The third kappa shape index (κ3) is 3.76. The molecule has 2 aliphatic rings. The van der Waals surface area contributed by atoms with Crippen molar-refractivity contribution in [2.45, 2.75) is 52.5 Å². The van der Waals surface area contributed by atoms with Crippen LogP contribution in [0, 0.1) is 12.7 Å². The Labute approximate surface area is 186 Å². The molecule has 1 aliphatic carbocycles. The quantitative estimate of drug-likeness (QED) is 0.391. The molecule has 0 amide bonds. The van der Waals surface area contributed by atoms with E-state index in [1.807, 2.05) is 27.0 Å². The highest BCUT2D eigenvalue weighted by atomic mass is 19.1. The molecule has 1 aliphatic heterocycles. The van der Waals surface area contributed by atoms with Crippen LogP contribution in [0.2, 0.25) is 0 Å². The van der Waals surface area contributed by atoms with E-state index >= 15 is 0 Å². The van der Waals surface area contributed by atoms with Gasteiger partial charge >= 0.3 is 6.16 Å². The van der Waals surface area contributed by atoms with Gasteiger partial charge in [-0.05, 0) is 60.9 Å². The first-order chi connectivity index (χ1) is 15.3. The van der Waals surface area contributed by atoms with Crippen LogP contribution in [0.4, 0.5) is 9.18 Å². The molecule has 168 valence electrons. The van der Waals surface area contributed by atoms with Gasteiger partial charge in [0.25, 0.3) is 0 Å². The summed E-state index contributed by atoms with van der Waals surface area (Å²) in [4.78, 5) is 29.5. The second kappa shape index (κ2) is 8.73. The highest BCUT2D eigenvalue weighted by Crippen LogP contribution is 2.41. The summed E-state index contributed by atoms with van der Waals surface area (Å²) in [5.74, 6) is -0.231. The van der Waals surface area contributed by atoms with Crippen molar-refractivity contribution in [3.05, 3.63) is 57.1 Å². The number of aryl methyl sites for hydroxylation is 2. The van der Waals surface area contributed by atoms with Crippen molar-refractivity contribution in [3.8, 4) is 0 Å². The number of halogens is 1. The zero-order chi connectivity index (χ0) is 23.0. The maximum absolute atomic E-state index is 14.6. The second-order valence-electron chi connectivity index (χ2n) is 8.49. The van der Waals surface area contributed by atoms with E-state index < -0.39 is 6.16 Å². The summed E-state index contributed by atoms with van der Waals surface area (Å²) >= 11 is 0. The molecule has 1 N–H and O–H groups in total. The number of carbonyl (C=O) groups excluding carboxylic acids is 1. The van der Waals surface area contributed by atoms with Gasteiger partial charge in [-0.25, -0.2) is 14.2 Å². The van der Waals surface area contributed by atoms with Crippen LogP contribution < -0.4 is 0 Å². The normalized spacial score (nSPS) is 16.9. The standard InChI is InChI=1S/C25H27FN2O4/c1-4-6-15(16(12-29)13-32-25(30)31)9-22-24-19(11-28(22)3)18-8-5-7-17-14(2)20(26)10-21(27-24)23(17)18/h9-10,12H,4-8,11,13H2,1-3H3,(H,30,31)/b16-15+,22-9-. The minimum absolute atomic E-state index is 0.231. The topological polar surface area (TPSA) is 79.7 Å². The average molecular weight is 438 g/mol. The molecule has 0 spiro atoms. The molecule has 1 aromatic carbocycles. The number of fused-ring (bicyclic) bond motifs is 2. The largest absolute Gasteiger partial charge is 0.506 e. The third-order valence-electron chi connectivity index (χ3n) is 6.46. The summed E-state index contributed by atoms with van der Waals surface area (Å²) in [6.45, 7) is 4.23. The highest BCUT2D eigenvalue weighted by Gasteiger charge is 2.30. The Morgan fingerprint density at radius 2 is 2.03 bits per heavy atom.